The Morgan fingerprint density at radius 1 is 1.28 bits per heavy atom. The van der Waals surface area contributed by atoms with Gasteiger partial charge in [0.2, 0.25) is 0 Å². The Balaban J connectivity index is 2.93. The van der Waals surface area contributed by atoms with Crippen molar-refractivity contribution >= 4 is 11.8 Å². The van der Waals surface area contributed by atoms with E-state index in [-0.39, 0.29) is 30.3 Å². The molecule has 0 fully saturated rings. The first kappa shape index (κ1) is 13.8. The number of hydrogen-bond donors (Lipinski definition) is 1. The Labute approximate surface area is 105 Å². The summed E-state index contributed by atoms with van der Waals surface area (Å²) in [7, 11) is 0. The molecule has 0 aliphatic rings. The number of benzene rings is 1. The molecule has 0 amide bonds. The summed E-state index contributed by atoms with van der Waals surface area (Å²) in [6.07, 6.45) is 1.55. The van der Waals surface area contributed by atoms with Crippen LogP contribution in [0.1, 0.15) is 17.3 Å². The first-order chi connectivity index (χ1) is 8.52. The summed E-state index contributed by atoms with van der Waals surface area (Å²) in [5.41, 5.74) is 0.0371. The number of hydrogen-bond acceptors (Lipinski definition) is 4. The fourth-order valence-electron chi connectivity index (χ4n) is 1.20. The first-order valence-corrected chi connectivity index (χ1v) is 5.27. The maximum absolute atomic E-state index is 10.9. The number of Topliss-reactive ketones (excluding diaryl/α,β-unsaturated/α-hetero) is 1. The van der Waals surface area contributed by atoms with Crippen LogP contribution < -0.4 is 9.47 Å². The molecule has 0 heterocycles. The number of carbonyl (C=O) groups is 2. The van der Waals surface area contributed by atoms with Crippen LogP contribution in [0.5, 0.6) is 11.5 Å². The van der Waals surface area contributed by atoms with Crippen LogP contribution in [-0.2, 0) is 4.79 Å². The predicted molar refractivity (Wildman–Crippen MR) is 65.3 cm³/mol. The molecule has 1 aromatic rings. The van der Waals surface area contributed by atoms with E-state index in [4.69, 9.17) is 14.6 Å². The van der Waals surface area contributed by atoms with Gasteiger partial charge in [0.15, 0.2) is 5.78 Å². The Kier molecular flexibility index (Phi) is 4.92. The van der Waals surface area contributed by atoms with Crippen molar-refractivity contribution in [3.8, 4) is 11.5 Å². The highest BCUT2D eigenvalue weighted by atomic mass is 16.5. The molecule has 1 N–H and O–H groups in total. The first-order valence-electron chi connectivity index (χ1n) is 5.27. The lowest BCUT2D eigenvalue weighted by atomic mass is 10.2. The van der Waals surface area contributed by atoms with Gasteiger partial charge in [-0.25, -0.2) is 4.79 Å². The van der Waals surface area contributed by atoms with Crippen molar-refractivity contribution < 1.29 is 24.2 Å². The van der Waals surface area contributed by atoms with Crippen LogP contribution in [0.2, 0.25) is 0 Å². The van der Waals surface area contributed by atoms with Gasteiger partial charge >= 0.3 is 5.97 Å². The molecule has 0 spiro atoms. The van der Waals surface area contributed by atoms with Gasteiger partial charge in [0, 0.05) is 6.07 Å². The minimum Gasteiger partial charge on any atom is -0.489 e. The van der Waals surface area contributed by atoms with Crippen LogP contribution in [-0.4, -0.2) is 30.1 Å². The molecule has 5 nitrogen and oxygen atoms in total. The molecule has 0 saturated carbocycles. The van der Waals surface area contributed by atoms with Gasteiger partial charge in [-0.15, -0.1) is 0 Å². The molecule has 0 radical (unpaired) electrons. The normalized spacial score (nSPS) is 9.61. The minimum absolute atomic E-state index is 0.0371. The monoisotopic (exact) mass is 250 g/mol. The predicted octanol–water partition coefficient (Wildman–Crippen LogP) is 1.92. The van der Waals surface area contributed by atoms with Gasteiger partial charge in [-0.1, -0.05) is 12.7 Å². The van der Waals surface area contributed by atoms with E-state index in [1.165, 1.54) is 25.1 Å². The van der Waals surface area contributed by atoms with E-state index < -0.39 is 5.97 Å². The quantitative estimate of drug-likeness (QED) is 0.748. The van der Waals surface area contributed by atoms with Crippen LogP contribution >= 0.6 is 0 Å². The number of ether oxygens (including phenoxy) is 2. The second-order valence-electron chi connectivity index (χ2n) is 3.59. The lowest BCUT2D eigenvalue weighted by Crippen LogP contribution is -2.08. The summed E-state index contributed by atoms with van der Waals surface area (Å²) >= 11 is 0. The van der Waals surface area contributed by atoms with Crippen LogP contribution in [0.15, 0.2) is 30.9 Å². The Bertz CT molecular complexity index is 464. The maximum Gasteiger partial charge on any atom is 0.335 e. The van der Waals surface area contributed by atoms with E-state index in [1.54, 1.807) is 6.08 Å². The second kappa shape index (κ2) is 6.44. The second-order valence-corrected chi connectivity index (χ2v) is 3.59. The lowest BCUT2D eigenvalue weighted by molar-refractivity contribution is -0.118. The molecule has 0 atom stereocenters. The standard InChI is InChI=1S/C13H14O5/c1-3-4-17-11-5-10(13(15)16)6-12(7-11)18-8-9(2)14/h3,5-7H,1,4,8H2,2H3,(H,15,16). The molecular weight excluding hydrogens is 236 g/mol. The molecule has 0 aliphatic carbocycles. The van der Waals surface area contributed by atoms with Crippen LogP contribution in [0, 0.1) is 0 Å². The van der Waals surface area contributed by atoms with Crippen LogP contribution in [0.3, 0.4) is 0 Å². The maximum atomic E-state index is 10.9. The third-order valence-corrected chi connectivity index (χ3v) is 1.94. The SMILES string of the molecule is C=CCOc1cc(OCC(C)=O)cc(C(=O)O)c1. The highest BCUT2D eigenvalue weighted by molar-refractivity contribution is 5.88. The van der Waals surface area contributed by atoms with Gasteiger partial charge in [0.25, 0.3) is 0 Å². The molecule has 96 valence electrons. The van der Waals surface area contributed by atoms with Crippen molar-refractivity contribution in [1.29, 1.82) is 0 Å². The van der Waals surface area contributed by atoms with Gasteiger partial charge in [0.05, 0.1) is 5.56 Å². The Hall–Kier alpha value is -2.30. The Morgan fingerprint density at radius 3 is 2.39 bits per heavy atom. The largest absolute Gasteiger partial charge is 0.489 e. The van der Waals surface area contributed by atoms with E-state index in [2.05, 4.69) is 6.58 Å². The Morgan fingerprint density at radius 2 is 1.89 bits per heavy atom. The molecule has 0 saturated heterocycles. The summed E-state index contributed by atoms with van der Waals surface area (Å²) in [4.78, 5) is 21.7. The average molecular weight is 250 g/mol. The van der Waals surface area contributed by atoms with Gasteiger partial charge < -0.3 is 14.6 Å². The number of carboxylic acid groups (broad SMARTS) is 1. The van der Waals surface area contributed by atoms with Crippen LogP contribution in [0.25, 0.3) is 0 Å². The number of rotatable bonds is 7. The molecule has 0 unspecified atom stereocenters. The van der Waals surface area contributed by atoms with Gasteiger partial charge in [-0.05, 0) is 19.1 Å². The number of carbonyl (C=O) groups excluding carboxylic acids is 1. The van der Waals surface area contributed by atoms with Crippen molar-refractivity contribution in [3.63, 3.8) is 0 Å². The van der Waals surface area contributed by atoms with E-state index in [9.17, 15) is 9.59 Å². The van der Waals surface area contributed by atoms with Crippen molar-refractivity contribution in [2.75, 3.05) is 13.2 Å². The van der Waals surface area contributed by atoms with E-state index in [0.717, 1.165) is 0 Å². The number of ketones is 1. The zero-order chi connectivity index (χ0) is 13.5. The smallest absolute Gasteiger partial charge is 0.335 e. The average Bonchev–Trinajstić information content (AvgIpc) is 2.33. The summed E-state index contributed by atoms with van der Waals surface area (Å²) in [6.45, 7) is 5.04. The zero-order valence-corrected chi connectivity index (χ0v) is 10.0. The summed E-state index contributed by atoms with van der Waals surface area (Å²) in [5, 5.41) is 8.94. The van der Waals surface area contributed by atoms with E-state index >= 15 is 0 Å². The number of aromatic carboxylic acids is 1. The molecule has 5 heteroatoms. The molecular formula is C13H14O5. The fourth-order valence-corrected chi connectivity index (χ4v) is 1.20. The van der Waals surface area contributed by atoms with Gasteiger partial charge in [-0.3, -0.25) is 4.79 Å². The summed E-state index contributed by atoms with van der Waals surface area (Å²) in [5.74, 6) is -0.603. The molecule has 0 bridgehead atoms. The van der Waals surface area contributed by atoms with Gasteiger partial charge in [-0.2, -0.15) is 0 Å². The van der Waals surface area contributed by atoms with Crippen molar-refractivity contribution in [1.82, 2.24) is 0 Å². The lowest BCUT2D eigenvalue weighted by Gasteiger charge is -2.09. The summed E-state index contributed by atoms with van der Waals surface area (Å²) < 4.78 is 10.4. The number of carboxylic acids is 1. The van der Waals surface area contributed by atoms with E-state index in [0.29, 0.717) is 5.75 Å². The van der Waals surface area contributed by atoms with Crippen LogP contribution in [0.4, 0.5) is 0 Å². The highest BCUT2D eigenvalue weighted by Crippen LogP contribution is 2.23. The third kappa shape index (κ3) is 4.29. The minimum atomic E-state index is -1.09. The van der Waals surface area contributed by atoms with Gasteiger partial charge in [0.1, 0.15) is 24.7 Å². The summed E-state index contributed by atoms with van der Waals surface area (Å²) in [6, 6.07) is 4.25. The fraction of sp³-hybridized carbons (Fsp3) is 0.231. The molecule has 1 rings (SSSR count). The van der Waals surface area contributed by atoms with Crippen molar-refractivity contribution in [3.05, 3.63) is 36.4 Å². The highest BCUT2D eigenvalue weighted by Gasteiger charge is 2.09. The zero-order valence-electron chi connectivity index (χ0n) is 10.0. The van der Waals surface area contributed by atoms with Crippen molar-refractivity contribution in [2.45, 2.75) is 6.92 Å². The van der Waals surface area contributed by atoms with Crippen molar-refractivity contribution in [2.24, 2.45) is 0 Å². The van der Waals surface area contributed by atoms with E-state index in [1.807, 2.05) is 0 Å². The molecule has 18 heavy (non-hydrogen) atoms. The topological polar surface area (TPSA) is 72.8 Å². The molecule has 0 aliphatic heterocycles. The molecule has 1 aromatic carbocycles. The third-order valence-electron chi connectivity index (χ3n) is 1.94. The molecule has 0 aromatic heterocycles.